The Morgan fingerprint density at radius 2 is 2.33 bits per heavy atom. The van der Waals surface area contributed by atoms with E-state index in [1.54, 1.807) is 7.11 Å². The fraction of sp³-hybridized carbons (Fsp3) is 0.182. The maximum Gasteiger partial charge on any atom is 0.119 e. The second kappa shape index (κ2) is 4.60. The molecule has 0 aromatic heterocycles. The molecule has 63 valence electrons. The van der Waals surface area contributed by atoms with Gasteiger partial charge in [0.2, 0.25) is 0 Å². The fourth-order valence-corrected chi connectivity index (χ4v) is 0.965. The highest BCUT2D eigenvalue weighted by Crippen LogP contribution is 2.13. The van der Waals surface area contributed by atoms with Crippen LogP contribution >= 0.6 is 0 Å². The maximum atomic E-state index is 5.09. The van der Waals surface area contributed by atoms with E-state index in [1.165, 1.54) is 0 Å². The van der Waals surface area contributed by atoms with Gasteiger partial charge in [-0.05, 0) is 31.0 Å². The SMILES string of the molecule is [CH2]CC=Cc1cccc(OC)c1. The molecule has 1 radical (unpaired) electrons. The molecule has 0 saturated carbocycles. The van der Waals surface area contributed by atoms with E-state index in [2.05, 4.69) is 6.92 Å². The molecule has 1 aromatic carbocycles. The average molecular weight is 161 g/mol. The molecule has 0 bridgehead atoms. The van der Waals surface area contributed by atoms with Crippen molar-refractivity contribution in [1.29, 1.82) is 0 Å². The van der Waals surface area contributed by atoms with Crippen LogP contribution in [0.1, 0.15) is 12.0 Å². The molecule has 0 aliphatic rings. The van der Waals surface area contributed by atoms with Crippen molar-refractivity contribution in [3.63, 3.8) is 0 Å². The largest absolute Gasteiger partial charge is 0.497 e. The minimum Gasteiger partial charge on any atom is -0.497 e. The van der Waals surface area contributed by atoms with Crippen LogP contribution in [0.25, 0.3) is 6.08 Å². The summed E-state index contributed by atoms with van der Waals surface area (Å²) in [5.74, 6) is 0.890. The molecule has 0 atom stereocenters. The monoisotopic (exact) mass is 161 g/mol. The summed E-state index contributed by atoms with van der Waals surface area (Å²) in [6.45, 7) is 3.73. The highest BCUT2D eigenvalue weighted by Gasteiger charge is 1.89. The first-order valence-electron chi connectivity index (χ1n) is 3.96. The topological polar surface area (TPSA) is 9.23 Å². The van der Waals surface area contributed by atoms with Crippen LogP contribution in [0.4, 0.5) is 0 Å². The van der Waals surface area contributed by atoms with Crippen molar-refractivity contribution in [3.8, 4) is 5.75 Å². The number of hydrogen-bond acceptors (Lipinski definition) is 1. The number of allylic oxidation sites excluding steroid dienone is 1. The molecule has 0 heterocycles. The minimum absolute atomic E-state index is 0.817. The summed E-state index contributed by atoms with van der Waals surface area (Å²) >= 11 is 0. The van der Waals surface area contributed by atoms with Crippen molar-refractivity contribution in [3.05, 3.63) is 42.8 Å². The Morgan fingerprint density at radius 1 is 1.50 bits per heavy atom. The van der Waals surface area contributed by atoms with Gasteiger partial charge in [-0.15, -0.1) is 0 Å². The Kier molecular flexibility index (Phi) is 3.39. The van der Waals surface area contributed by atoms with Crippen LogP contribution in [0, 0.1) is 6.92 Å². The number of rotatable bonds is 3. The van der Waals surface area contributed by atoms with Gasteiger partial charge in [-0.1, -0.05) is 24.3 Å². The lowest BCUT2D eigenvalue weighted by atomic mass is 10.2. The summed E-state index contributed by atoms with van der Waals surface area (Å²) in [6.07, 6.45) is 4.88. The summed E-state index contributed by atoms with van der Waals surface area (Å²) in [5, 5.41) is 0. The normalized spacial score (nSPS) is 10.5. The summed E-state index contributed by atoms with van der Waals surface area (Å²) in [7, 11) is 1.67. The van der Waals surface area contributed by atoms with E-state index in [1.807, 2.05) is 36.4 Å². The number of methoxy groups -OCH3 is 1. The van der Waals surface area contributed by atoms with Crippen molar-refractivity contribution in [2.45, 2.75) is 6.42 Å². The first-order valence-corrected chi connectivity index (χ1v) is 3.96. The lowest BCUT2D eigenvalue weighted by Gasteiger charge is -1.99. The highest BCUT2D eigenvalue weighted by atomic mass is 16.5. The van der Waals surface area contributed by atoms with Gasteiger partial charge in [-0.25, -0.2) is 0 Å². The first kappa shape index (κ1) is 8.85. The zero-order valence-corrected chi connectivity index (χ0v) is 7.29. The summed E-state index contributed by atoms with van der Waals surface area (Å²) in [5.41, 5.74) is 1.15. The molecule has 1 aromatic rings. The second-order valence-electron chi connectivity index (χ2n) is 2.47. The molecule has 1 nitrogen and oxygen atoms in total. The van der Waals surface area contributed by atoms with Gasteiger partial charge in [0.1, 0.15) is 5.75 Å². The smallest absolute Gasteiger partial charge is 0.119 e. The van der Waals surface area contributed by atoms with E-state index in [0.717, 1.165) is 17.7 Å². The van der Waals surface area contributed by atoms with Gasteiger partial charge in [0.25, 0.3) is 0 Å². The molecule has 0 spiro atoms. The predicted molar refractivity (Wildman–Crippen MR) is 52.0 cm³/mol. The number of hydrogen-bond donors (Lipinski definition) is 0. The van der Waals surface area contributed by atoms with E-state index in [4.69, 9.17) is 4.74 Å². The summed E-state index contributed by atoms with van der Waals surface area (Å²) in [4.78, 5) is 0. The molecule has 0 N–H and O–H groups in total. The minimum atomic E-state index is 0.817. The van der Waals surface area contributed by atoms with Gasteiger partial charge in [0.15, 0.2) is 0 Å². The van der Waals surface area contributed by atoms with Gasteiger partial charge in [0, 0.05) is 0 Å². The zero-order chi connectivity index (χ0) is 8.81. The molecule has 0 saturated heterocycles. The molecular weight excluding hydrogens is 148 g/mol. The molecule has 1 heteroatoms. The van der Waals surface area contributed by atoms with Gasteiger partial charge in [0.05, 0.1) is 7.11 Å². The third-order valence-electron chi connectivity index (χ3n) is 1.57. The van der Waals surface area contributed by atoms with E-state index >= 15 is 0 Å². The zero-order valence-electron chi connectivity index (χ0n) is 7.29. The molecule has 0 aliphatic carbocycles. The Balaban J connectivity index is 2.79. The highest BCUT2D eigenvalue weighted by molar-refractivity contribution is 5.51. The van der Waals surface area contributed by atoms with Crippen LogP contribution < -0.4 is 4.74 Å². The van der Waals surface area contributed by atoms with Crippen LogP contribution in [0.3, 0.4) is 0 Å². The van der Waals surface area contributed by atoms with E-state index < -0.39 is 0 Å². The van der Waals surface area contributed by atoms with Crippen LogP contribution in [0.5, 0.6) is 5.75 Å². The van der Waals surface area contributed by atoms with E-state index in [9.17, 15) is 0 Å². The quantitative estimate of drug-likeness (QED) is 0.662. The van der Waals surface area contributed by atoms with Crippen molar-refractivity contribution >= 4 is 6.08 Å². The average Bonchev–Trinajstić information content (AvgIpc) is 2.15. The third-order valence-corrected chi connectivity index (χ3v) is 1.57. The van der Waals surface area contributed by atoms with Crippen molar-refractivity contribution in [2.24, 2.45) is 0 Å². The summed E-state index contributed by atoms with van der Waals surface area (Å²) in [6, 6.07) is 7.93. The van der Waals surface area contributed by atoms with E-state index in [0.29, 0.717) is 0 Å². The van der Waals surface area contributed by atoms with Crippen LogP contribution in [0.15, 0.2) is 30.3 Å². The predicted octanol–water partition coefficient (Wildman–Crippen LogP) is 2.93. The number of ether oxygens (including phenoxy) is 1. The molecule has 0 fully saturated rings. The fourth-order valence-electron chi connectivity index (χ4n) is 0.965. The third kappa shape index (κ3) is 2.42. The number of benzene rings is 1. The Hall–Kier alpha value is -1.24. The Labute approximate surface area is 73.7 Å². The summed E-state index contributed by atoms with van der Waals surface area (Å²) < 4.78 is 5.09. The first-order chi connectivity index (χ1) is 5.86. The van der Waals surface area contributed by atoms with Crippen LogP contribution in [-0.4, -0.2) is 7.11 Å². The van der Waals surface area contributed by atoms with Crippen molar-refractivity contribution < 1.29 is 4.74 Å². The Bertz CT molecular complexity index is 263. The van der Waals surface area contributed by atoms with Gasteiger partial charge in [-0.2, -0.15) is 0 Å². The molecular formula is C11H13O. The lowest BCUT2D eigenvalue weighted by Crippen LogP contribution is -1.81. The van der Waals surface area contributed by atoms with Crippen molar-refractivity contribution in [2.75, 3.05) is 7.11 Å². The second-order valence-corrected chi connectivity index (χ2v) is 2.47. The molecule has 12 heavy (non-hydrogen) atoms. The molecule has 0 amide bonds. The van der Waals surface area contributed by atoms with Crippen molar-refractivity contribution in [1.82, 2.24) is 0 Å². The molecule has 1 rings (SSSR count). The lowest BCUT2D eigenvalue weighted by molar-refractivity contribution is 0.414. The van der Waals surface area contributed by atoms with E-state index in [-0.39, 0.29) is 0 Å². The van der Waals surface area contributed by atoms with Crippen LogP contribution in [-0.2, 0) is 0 Å². The van der Waals surface area contributed by atoms with Gasteiger partial charge in [-0.3, -0.25) is 0 Å². The molecule has 0 aliphatic heterocycles. The Morgan fingerprint density at radius 3 is 3.00 bits per heavy atom. The van der Waals surface area contributed by atoms with Crippen LogP contribution in [0.2, 0.25) is 0 Å². The standard InChI is InChI=1S/C11H13O/c1-3-4-6-10-7-5-8-11(9-10)12-2/h4-9H,1,3H2,2H3. The molecule has 0 unspecified atom stereocenters. The van der Waals surface area contributed by atoms with Gasteiger partial charge >= 0.3 is 0 Å². The maximum absolute atomic E-state index is 5.09. The van der Waals surface area contributed by atoms with Gasteiger partial charge < -0.3 is 4.74 Å².